The molecule has 0 radical (unpaired) electrons. The van der Waals surface area contributed by atoms with E-state index in [9.17, 15) is 9.90 Å². The Morgan fingerprint density at radius 2 is 1.89 bits per heavy atom. The van der Waals surface area contributed by atoms with Gasteiger partial charge in [-0.25, -0.2) is 4.79 Å². The van der Waals surface area contributed by atoms with Gasteiger partial charge in [0.1, 0.15) is 11.4 Å². The van der Waals surface area contributed by atoms with Gasteiger partial charge in [0.05, 0.1) is 0 Å². The van der Waals surface area contributed by atoms with Crippen molar-refractivity contribution in [3.63, 3.8) is 0 Å². The lowest BCUT2D eigenvalue weighted by atomic mass is 10.1. The first-order chi connectivity index (χ1) is 8.78. The molecule has 1 rings (SSSR count). The summed E-state index contributed by atoms with van der Waals surface area (Å²) in [4.78, 5) is 11.4. The van der Waals surface area contributed by atoms with E-state index in [4.69, 9.17) is 4.74 Å². The number of aliphatic hydroxyl groups excluding tert-OH is 1. The van der Waals surface area contributed by atoms with E-state index in [1.807, 2.05) is 32.9 Å². The molecule has 104 valence electrons. The summed E-state index contributed by atoms with van der Waals surface area (Å²) >= 11 is 0. The molecule has 4 nitrogen and oxygen atoms in total. The number of rotatable bonds is 4. The summed E-state index contributed by atoms with van der Waals surface area (Å²) in [5.41, 5.74) is 1.29. The van der Waals surface area contributed by atoms with E-state index in [2.05, 4.69) is 11.9 Å². The maximum absolute atomic E-state index is 11.4. The van der Waals surface area contributed by atoms with Crippen molar-refractivity contribution in [3.05, 3.63) is 42.0 Å². The highest BCUT2D eigenvalue weighted by atomic mass is 16.6. The first kappa shape index (κ1) is 15.1. The summed E-state index contributed by atoms with van der Waals surface area (Å²) in [5, 5.41) is 11.9. The number of carbonyl (C=O) groups excluding carboxylic acids is 1. The van der Waals surface area contributed by atoms with Gasteiger partial charge in [-0.15, -0.1) is 0 Å². The lowest BCUT2D eigenvalue weighted by molar-refractivity contribution is 0.0528. The van der Waals surface area contributed by atoms with Crippen LogP contribution in [0.5, 0.6) is 0 Å². The van der Waals surface area contributed by atoms with E-state index < -0.39 is 11.7 Å². The number of alkyl carbamates (subject to hydrolysis) is 1. The molecule has 0 aliphatic rings. The molecule has 0 aliphatic carbocycles. The summed E-state index contributed by atoms with van der Waals surface area (Å²) in [7, 11) is 0. The number of ether oxygens (including phenoxy) is 1. The summed E-state index contributed by atoms with van der Waals surface area (Å²) in [6.07, 6.45) is 0.296. The molecule has 0 spiro atoms. The number of amides is 1. The van der Waals surface area contributed by atoms with E-state index in [1.54, 1.807) is 12.1 Å². The molecule has 1 aromatic carbocycles. The highest BCUT2D eigenvalue weighted by molar-refractivity contribution is 5.67. The van der Waals surface area contributed by atoms with Crippen LogP contribution in [0.4, 0.5) is 4.79 Å². The highest BCUT2D eigenvalue weighted by Crippen LogP contribution is 2.11. The van der Waals surface area contributed by atoms with Gasteiger partial charge in [0.25, 0.3) is 0 Å². The van der Waals surface area contributed by atoms with Crippen molar-refractivity contribution >= 4 is 11.9 Å². The highest BCUT2D eigenvalue weighted by Gasteiger charge is 2.15. The summed E-state index contributed by atoms with van der Waals surface area (Å²) in [6, 6.07) is 7.39. The zero-order chi connectivity index (χ0) is 14.5. The quantitative estimate of drug-likeness (QED) is 0.819. The minimum Gasteiger partial charge on any atom is -0.508 e. The molecule has 1 amide bonds. The molecule has 2 N–H and O–H groups in total. The van der Waals surface area contributed by atoms with E-state index in [0.717, 1.165) is 5.56 Å². The largest absolute Gasteiger partial charge is 0.508 e. The minimum absolute atomic E-state index is 0.0541. The molecule has 0 aromatic heterocycles. The number of nitrogens with one attached hydrogen (secondary N) is 1. The lowest BCUT2D eigenvalue weighted by Crippen LogP contribution is -2.33. The zero-order valence-electron chi connectivity index (χ0n) is 11.7. The van der Waals surface area contributed by atoms with Crippen molar-refractivity contribution in [2.45, 2.75) is 32.8 Å². The van der Waals surface area contributed by atoms with E-state index in [1.165, 1.54) is 0 Å². The molecule has 0 aliphatic heterocycles. The number of aliphatic hydroxyl groups is 1. The fraction of sp³-hybridized carbons (Fsp3) is 0.400. The second-order valence-corrected chi connectivity index (χ2v) is 5.32. The maximum atomic E-state index is 11.4. The predicted molar refractivity (Wildman–Crippen MR) is 76.0 cm³/mol. The van der Waals surface area contributed by atoms with E-state index >= 15 is 0 Å². The van der Waals surface area contributed by atoms with E-state index in [-0.39, 0.29) is 5.76 Å². The first-order valence-corrected chi connectivity index (χ1v) is 6.22. The monoisotopic (exact) mass is 263 g/mol. The second-order valence-electron chi connectivity index (χ2n) is 5.32. The molecule has 0 heterocycles. The Bertz CT molecular complexity index is 443. The van der Waals surface area contributed by atoms with Crippen LogP contribution in [0, 0.1) is 0 Å². The fourth-order valence-corrected chi connectivity index (χ4v) is 1.49. The Hall–Kier alpha value is -1.97. The molecule has 4 heteroatoms. The fourth-order valence-electron chi connectivity index (χ4n) is 1.49. The summed E-state index contributed by atoms with van der Waals surface area (Å²) in [6.45, 7) is 9.44. The Morgan fingerprint density at radius 3 is 2.37 bits per heavy atom. The molecule has 0 saturated carbocycles. The van der Waals surface area contributed by atoms with Gasteiger partial charge in [-0.05, 0) is 32.8 Å². The second kappa shape index (κ2) is 6.27. The predicted octanol–water partition coefficient (Wildman–Crippen LogP) is 3.28. The molecule has 0 fully saturated rings. The van der Waals surface area contributed by atoms with Crippen LogP contribution in [0.25, 0.3) is 5.76 Å². The minimum atomic E-state index is -0.479. The molecule has 0 bridgehead atoms. The molecule has 19 heavy (non-hydrogen) atoms. The Balaban J connectivity index is 2.37. The molecule has 0 atom stereocenters. The van der Waals surface area contributed by atoms with Gasteiger partial charge in [-0.3, -0.25) is 0 Å². The smallest absolute Gasteiger partial charge is 0.407 e. The van der Waals surface area contributed by atoms with Gasteiger partial charge >= 0.3 is 6.09 Å². The third kappa shape index (κ3) is 5.95. The molecular formula is C15H21NO3. The van der Waals surface area contributed by atoms with Crippen LogP contribution in [-0.2, 0) is 11.2 Å². The number of hydrogen-bond acceptors (Lipinski definition) is 3. The van der Waals surface area contributed by atoms with Crippen LogP contribution >= 0.6 is 0 Å². The number of benzene rings is 1. The van der Waals surface area contributed by atoms with Gasteiger partial charge < -0.3 is 15.2 Å². The van der Waals surface area contributed by atoms with Gasteiger partial charge in [-0.1, -0.05) is 30.8 Å². The van der Waals surface area contributed by atoms with Crippen molar-refractivity contribution < 1.29 is 14.6 Å². The third-order valence-corrected chi connectivity index (χ3v) is 2.37. The van der Waals surface area contributed by atoms with Crippen molar-refractivity contribution in [2.24, 2.45) is 0 Å². The molecule has 1 aromatic rings. The number of hydrogen-bond donors (Lipinski definition) is 2. The van der Waals surface area contributed by atoms with Crippen molar-refractivity contribution in [3.8, 4) is 0 Å². The van der Waals surface area contributed by atoms with Gasteiger partial charge in [0, 0.05) is 12.1 Å². The standard InChI is InChI=1S/C15H21NO3/c1-11(17)13-7-5-12(6-8-13)9-10-16-14(18)19-15(2,3)4/h5-8,17H,1,9-10H2,2-4H3,(H,16,18). The summed E-state index contributed by atoms with van der Waals surface area (Å²) in [5.74, 6) is 0.0541. The average Bonchev–Trinajstić information content (AvgIpc) is 2.27. The van der Waals surface area contributed by atoms with Crippen LogP contribution < -0.4 is 5.32 Å². The van der Waals surface area contributed by atoms with Crippen molar-refractivity contribution in [1.29, 1.82) is 0 Å². The Labute approximate surface area is 114 Å². The zero-order valence-corrected chi connectivity index (χ0v) is 11.7. The van der Waals surface area contributed by atoms with E-state index in [0.29, 0.717) is 18.5 Å². The Kier molecular flexibility index (Phi) is 4.98. The average molecular weight is 263 g/mol. The van der Waals surface area contributed by atoms with Crippen molar-refractivity contribution in [2.75, 3.05) is 6.54 Å². The SMILES string of the molecule is C=C(O)c1ccc(CCNC(=O)OC(C)(C)C)cc1. The van der Waals surface area contributed by atoms with Gasteiger partial charge in [-0.2, -0.15) is 0 Å². The maximum Gasteiger partial charge on any atom is 0.407 e. The van der Waals surface area contributed by atoms with Crippen molar-refractivity contribution in [1.82, 2.24) is 5.32 Å². The van der Waals surface area contributed by atoms with Crippen LogP contribution in [0.2, 0.25) is 0 Å². The van der Waals surface area contributed by atoms with Gasteiger partial charge in [0.15, 0.2) is 0 Å². The lowest BCUT2D eigenvalue weighted by Gasteiger charge is -2.19. The molecular weight excluding hydrogens is 242 g/mol. The third-order valence-electron chi connectivity index (χ3n) is 2.37. The molecule has 0 saturated heterocycles. The first-order valence-electron chi connectivity index (χ1n) is 6.22. The van der Waals surface area contributed by atoms with Crippen LogP contribution in [0.3, 0.4) is 0 Å². The van der Waals surface area contributed by atoms with Gasteiger partial charge in [0.2, 0.25) is 0 Å². The normalized spacial score (nSPS) is 10.9. The summed E-state index contributed by atoms with van der Waals surface area (Å²) < 4.78 is 5.13. The number of carbonyl (C=O) groups is 1. The topological polar surface area (TPSA) is 58.6 Å². The molecule has 0 unspecified atom stereocenters. The van der Waals surface area contributed by atoms with Crippen LogP contribution in [0.15, 0.2) is 30.8 Å². The van der Waals surface area contributed by atoms with Crippen LogP contribution in [-0.4, -0.2) is 23.3 Å². The Morgan fingerprint density at radius 1 is 1.32 bits per heavy atom. The van der Waals surface area contributed by atoms with Crippen LogP contribution in [0.1, 0.15) is 31.9 Å².